The summed E-state index contributed by atoms with van der Waals surface area (Å²) in [4.78, 5) is 12.6. The van der Waals surface area contributed by atoms with E-state index in [1.54, 1.807) is 11.3 Å². The van der Waals surface area contributed by atoms with E-state index in [9.17, 15) is 0 Å². The number of thiophene rings is 1. The van der Waals surface area contributed by atoms with E-state index in [4.69, 9.17) is 0 Å². The van der Waals surface area contributed by atoms with Crippen LogP contribution in [0.3, 0.4) is 0 Å². The highest BCUT2D eigenvalue weighted by atomic mass is 32.1. The third kappa shape index (κ3) is 2.52. The lowest BCUT2D eigenvalue weighted by atomic mass is 10.0. The molecule has 0 fully saturated rings. The fraction of sp³-hybridized carbons (Fsp3) is 0.0870. The highest BCUT2D eigenvalue weighted by molar-refractivity contribution is 7.08. The standard InChI is InChI=1S/C23H18N6S/c1-13-24-11-22(29(13)2)19-9-17-21(10-25-19)27-28-23(17)20-8-16-15(14-6-7-30-12-14)4-3-5-18(16)26-20/h3-12,26H,1-2H3,(H,27,28). The van der Waals surface area contributed by atoms with Crippen LogP contribution in [0.15, 0.2) is 59.6 Å². The average Bonchev–Trinajstić information content (AvgIpc) is 3.54. The zero-order valence-electron chi connectivity index (χ0n) is 16.5. The molecule has 0 atom stereocenters. The van der Waals surface area contributed by atoms with Crippen molar-refractivity contribution in [2.75, 3.05) is 0 Å². The van der Waals surface area contributed by atoms with Gasteiger partial charge in [0.05, 0.1) is 35.0 Å². The summed E-state index contributed by atoms with van der Waals surface area (Å²) in [5, 5.41) is 14.2. The van der Waals surface area contributed by atoms with E-state index < -0.39 is 0 Å². The molecule has 0 saturated carbocycles. The van der Waals surface area contributed by atoms with Gasteiger partial charge in [-0.15, -0.1) is 0 Å². The minimum absolute atomic E-state index is 0.878. The number of benzene rings is 1. The number of rotatable bonds is 3. The van der Waals surface area contributed by atoms with Crippen LogP contribution >= 0.6 is 11.3 Å². The summed E-state index contributed by atoms with van der Waals surface area (Å²) in [6.45, 7) is 1.99. The van der Waals surface area contributed by atoms with Crippen molar-refractivity contribution >= 4 is 33.1 Å². The Morgan fingerprint density at radius 1 is 1.00 bits per heavy atom. The van der Waals surface area contributed by atoms with Gasteiger partial charge in [0.25, 0.3) is 0 Å². The normalized spacial score (nSPS) is 11.7. The Morgan fingerprint density at radius 3 is 2.73 bits per heavy atom. The van der Waals surface area contributed by atoms with E-state index in [1.165, 1.54) is 16.5 Å². The van der Waals surface area contributed by atoms with Crippen molar-refractivity contribution in [3.05, 3.63) is 65.4 Å². The summed E-state index contributed by atoms with van der Waals surface area (Å²) >= 11 is 1.71. The van der Waals surface area contributed by atoms with Crippen LogP contribution in [0, 0.1) is 6.92 Å². The lowest BCUT2D eigenvalue weighted by Gasteiger charge is -2.03. The molecule has 146 valence electrons. The van der Waals surface area contributed by atoms with Gasteiger partial charge in [-0.05, 0) is 53.1 Å². The Kier molecular flexibility index (Phi) is 3.66. The number of aromatic nitrogens is 6. The van der Waals surface area contributed by atoms with Crippen LogP contribution < -0.4 is 0 Å². The summed E-state index contributed by atoms with van der Waals surface area (Å²) in [5.74, 6) is 0.955. The van der Waals surface area contributed by atoms with Crippen molar-refractivity contribution < 1.29 is 0 Å². The van der Waals surface area contributed by atoms with Crippen LogP contribution in [0.25, 0.3) is 55.7 Å². The number of hydrogen-bond donors (Lipinski definition) is 2. The first-order chi connectivity index (χ1) is 14.7. The molecule has 0 amide bonds. The first-order valence-electron chi connectivity index (χ1n) is 9.66. The maximum atomic E-state index is 4.61. The van der Waals surface area contributed by atoms with Gasteiger partial charge in [-0.3, -0.25) is 10.1 Å². The lowest BCUT2D eigenvalue weighted by Crippen LogP contribution is -1.95. The summed E-state index contributed by atoms with van der Waals surface area (Å²) < 4.78 is 2.05. The number of fused-ring (bicyclic) bond motifs is 2. The molecule has 6 nitrogen and oxygen atoms in total. The number of nitrogens with one attached hydrogen (secondary N) is 2. The first kappa shape index (κ1) is 17.2. The Balaban J connectivity index is 1.53. The Bertz CT molecular complexity index is 1520. The first-order valence-corrected chi connectivity index (χ1v) is 10.6. The highest BCUT2D eigenvalue weighted by Gasteiger charge is 2.16. The van der Waals surface area contributed by atoms with Crippen molar-refractivity contribution in [3.8, 4) is 33.9 Å². The number of hydrogen-bond acceptors (Lipinski definition) is 4. The molecule has 0 aliphatic rings. The number of H-pyrrole nitrogens is 2. The van der Waals surface area contributed by atoms with Gasteiger partial charge >= 0.3 is 0 Å². The second kappa shape index (κ2) is 6.40. The van der Waals surface area contributed by atoms with E-state index in [0.29, 0.717) is 0 Å². The molecule has 0 bridgehead atoms. The van der Waals surface area contributed by atoms with Crippen LogP contribution in [0.2, 0.25) is 0 Å². The van der Waals surface area contributed by atoms with E-state index in [2.05, 4.69) is 72.3 Å². The van der Waals surface area contributed by atoms with Gasteiger partial charge in [-0.1, -0.05) is 12.1 Å². The minimum Gasteiger partial charge on any atom is -0.353 e. The molecule has 0 unspecified atom stereocenters. The predicted octanol–water partition coefficient (Wildman–Crippen LogP) is 5.54. The molecule has 0 radical (unpaired) electrons. The molecule has 2 N–H and O–H groups in total. The van der Waals surface area contributed by atoms with E-state index >= 15 is 0 Å². The van der Waals surface area contributed by atoms with Crippen LogP contribution in [-0.2, 0) is 7.05 Å². The van der Waals surface area contributed by atoms with Gasteiger partial charge in [0.2, 0.25) is 0 Å². The molecular formula is C23H18N6S. The molecule has 6 aromatic rings. The summed E-state index contributed by atoms with van der Waals surface area (Å²) in [5.41, 5.74) is 8.20. The number of aromatic amines is 2. The van der Waals surface area contributed by atoms with E-state index in [0.717, 1.165) is 45.0 Å². The van der Waals surface area contributed by atoms with Crippen LogP contribution in [-0.4, -0.2) is 29.7 Å². The SMILES string of the molecule is Cc1ncc(-c2cc3c(-c4cc5c(-c6ccsc6)cccc5[nH]4)n[nH]c3cn2)n1C. The van der Waals surface area contributed by atoms with Gasteiger partial charge in [-0.2, -0.15) is 16.4 Å². The molecular weight excluding hydrogens is 392 g/mol. The zero-order valence-corrected chi connectivity index (χ0v) is 17.3. The fourth-order valence-electron chi connectivity index (χ4n) is 3.95. The maximum absolute atomic E-state index is 4.61. The third-order valence-electron chi connectivity index (χ3n) is 5.68. The summed E-state index contributed by atoms with van der Waals surface area (Å²) in [6, 6.07) is 12.8. The number of aryl methyl sites for hydroxylation is 1. The van der Waals surface area contributed by atoms with Gasteiger partial charge in [0, 0.05) is 23.3 Å². The highest BCUT2D eigenvalue weighted by Crippen LogP contribution is 2.35. The number of nitrogens with zero attached hydrogens (tertiary/aromatic N) is 4. The zero-order chi connectivity index (χ0) is 20.2. The molecule has 5 aromatic heterocycles. The summed E-state index contributed by atoms with van der Waals surface area (Å²) in [6.07, 6.45) is 3.70. The Labute approximate surface area is 176 Å². The van der Waals surface area contributed by atoms with Crippen LogP contribution in [0.5, 0.6) is 0 Å². The van der Waals surface area contributed by atoms with Crippen molar-refractivity contribution in [2.24, 2.45) is 7.05 Å². The second-order valence-corrected chi connectivity index (χ2v) is 8.18. The quantitative estimate of drug-likeness (QED) is 0.402. The molecule has 5 heterocycles. The Hall–Kier alpha value is -3.71. The number of imidazole rings is 1. The van der Waals surface area contributed by atoms with Crippen molar-refractivity contribution in [3.63, 3.8) is 0 Å². The fourth-order valence-corrected chi connectivity index (χ4v) is 4.61. The van der Waals surface area contributed by atoms with Crippen LogP contribution in [0.1, 0.15) is 5.82 Å². The largest absolute Gasteiger partial charge is 0.353 e. The van der Waals surface area contributed by atoms with Gasteiger partial charge in [0.1, 0.15) is 11.5 Å². The third-order valence-corrected chi connectivity index (χ3v) is 6.36. The molecule has 0 aliphatic heterocycles. The second-order valence-electron chi connectivity index (χ2n) is 7.40. The molecule has 1 aromatic carbocycles. The van der Waals surface area contributed by atoms with Crippen molar-refractivity contribution in [1.82, 2.24) is 29.7 Å². The smallest absolute Gasteiger partial charge is 0.116 e. The van der Waals surface area contributed by atoms with Crippen LogP contribution in [0.4, 0.5) is 0 Å². The van der Waals surface area contributed by atoms with Gasteiger partial charge in [0.15, 0.2) is 0 Å². The monoisotopic (exact) mass is 410 g/mol. The van der Waals surface area contributed by atoms with Crippen molar-refractivity contribution in [2.45, 2.75) is 6.92 Å². The van der Waals surface area contributed by atoms with Crippen molar-refractivity contribution in [1.29, 1.82) is 0 Å². The minimum atomic E-state index is 0.878. The molecule has 0 aliphatic carbocycles. The average molecular weight is 411 g/mol. The van der Waals surface area contributed by atoms with E-state index in [-0.39, 0.29) is 0 Å². The number of pyridine rings is 1. The topological polar surface area (TPSA) is 75.2 Å². The van der Waals surface area contributed by atoms with Gasteiger partial charge in [-0.25, -0.2) is 4.98 Å². The lowest BCUT2D eigenvalue weighted by molar-refractivity contribution is 0.862. The molecule has 0 spiro atoms. The predicted molar refractivity (Wildman–Crippen MR) is 121 cm³/mol. The van der Waals surface area contributed by atoms with Gasteiger partial charge < -0.3 is 9.55 Å². The molecule has 0 saturated heterocycles. The van der Waals surface area contributed by atoms with E-state index in [1.807, 2.05) is 30.9 Å². The molecule has 30 heavy (non-hydrogen) atoms. The summed E-state index contributed by atoms with van der Waals surface area (Å²) in [7, 11) is 2.00. The molecule has 6 rings (SSSR count). The molecule has 7 heteroatoms. The maximum Gasteiger partial charge on any atom is 0.116 e. The Morgan fingerprint density at radius 2 is 1.93 bits per heavy atom.